The smallest absolute Gasteiger partial charge is 0.410 e. The summed E-state index contributed by atoms with van der Waals surface area (Å²) in [6, 6.07) is 7.18. The molecule has 0 aliphatic carbocycles. The van der Waals surface area contributed by atoms with E-state index >= 15 is 0 Å². The first-order chi connectivity index (χ1) is 13.2. The highest BCUT2D eigenvalue weighted by Crippen LogP contribution is 2.37. The van der Waals surface area contributed by atoms with E-state index in [9.17, 15) is 9.90 Å². The predicted molar refractivity (Wildman–Crippen MR) is 109 cm³/mol. The van der Waals surface area contributed by atoms with Crippen molar-refractivity contribution < 1.29 is 24.1 Å². The van der Waals surface area contributed by atoms with Gasteiger partial charge in [-0.1, -0.05) is 23.7 Å². The maximum Gasteiger partial charge on any atom is 0.410 e. The van der Waals surface area contributed by atoms with Gasteiger partial charge in [-0.15, -0.1) is 0 Å². The number of halogens is 1. The number of aliphatic hydroxyl groups is 1. The van der Waals surface area contributed by atoms with E-state index in [0.717, 1.165) is 12.8 Å². The fourth-order valence-corrected chi connectivity index (χ4v) is 3.61. The van der Waals surface area contributed by atoms with Gasteiger partial charge in [-0.05, 0) is 51.3 Å². The molecule has 1 fully saturated rings. The van der Waals surface area contributed by atoms with E-state index in [2.05, 4.69) is 0 Å². The van der Waals surface area contributed by atoms with Crippen LogP contribution in [0.5, 0.6) is 0 Å². The van der Waals surface area contributed by atoms with E-state index in [1.807, 2.05) is 32.9 Å². The number of carbonyl (C=O) groups excluding carboxylic acids is 1. The van der Waals surface area contributed by atoms with Gasteiger partial charge in [0.1, 0.15) is 11.2 Å². The van der Waals surface area contributed by atoms with Crippen molar-refractivity contribution in [2.45, 2.75) is 44.8 Å². The van der Waals surface area contributed by atoms with Crippen LogP contribution in [0.15, 0.2) is 24.3 Å². The molecule has 0 spiro atoms. The molecule has 0 bridgehead atoms. The summed E-state index contributed by atoms with van der Waals surface area (Å²) >= 11 is 6.17. The quantitative estimate of drug-likeness (QED) is 0.688. The van der Waals surface area contributed by atoms with Gasteiger partial charge in [0.25, 0.3) is 0 Å². The van der Waals surface area contributed by atoms with Crippen LogP contribution in [0.1, 0.15) is 39.2 Å². The van der Waals surface area contributed by atoms with Gasteiger partial charge in [0, 0.05) is 31.1 Å². The maximum absolute atomic E-state index is 12.5. The van der Waals surface area contributed by atoms with Crippen LogP contribution in [0.4, 0.5) is 4.79 Å². The van der Waals surface area contributed by atoms with Gasteiger partial charge in [-0.2, -0.15) is 0 Å². The first-order valence-electron chi connectivity index (χ1n) is 9.69. The van der Waals surface area contributed by atoms with Crippen LogP contribution < -0.4 is 0 Å². The highest BCUT2D eigenvalue weighted by Gasteiger charge is 2.42. The standard InChI is InChI=1S/C21H32ClNO5/c1-20(2,3)28-19(24)23-10-6-8-17(14-23)21(25,15-27-12-11-26-4)16-7-5-9-18(22)13-16/h5,7,9,13,17,25H,6,8,10-12,14-15H2,1-4H3. The molecule has 2 rings (SSSR count). The zero-order valence-electron chi connectivity index (χ0n) is 17.2. The molecule has 1 aliphatic heterocycles. The number of hydrogen-bond donors (Lipinski definition) is 1. The molecule has 0 saturated carbocycles. The number of nitrogens with zero attached hydrogens (tertiary/aromatic N) is 1. The van der Waals surface area contributed by atoms with Crippen molar-refractivity contribution in [1.82, 2.24) is 4.90 Å². The summed E-state index contributed by atoms with van der Waals surface area (Å²) in [7, 11) is 1.60. The molecule has 1 heterocycles. The second kappa shape index (κ2) is 9.92. The predicted octanol–water partition coefficient (Wildman–Crippen LogP) is 3.84. The molecule has 0 aromatic heterocycles. The maximum atomic E-state index is 12.5. The van der Waals surface area contributed by atoms with Crippen molar-refractivity contribution in [3.63, 3.8) is 0 Å². The Morgan fingerprint density at radius 2 is 2.07 bits per heavy atom. The molecule has 7 heteroatoms. The Bertz CT molecular complexity index is 648. The van der Waals surface area contributed by atoms with Crippen LogP contribution in [0.3, 0.4) is 0 Å². The van der Waals surface area contributed by atoms with E-state index in [4.69, 9.17) is 25.8 Å². The SMILES string of the molecule is COCCOCC(O)(c1cccc(Cl)c1)C1CCCN(C(=O)OC(C)(C)C)C1. The van der Waals surface area contributed by atoms with Gasteiger partial charge in [0.15, 0.2) is 0 Å². The first-order valence-corrected chi connectivity index (χ1v) is 10.1. The largest absolute Gasteiger partial charge is 0.444 e. The average molecular weight is 414 g/mol. The minimum atomic E-state index is -1.26. The van der Waals surface area contributed by atoms with E-state index in [1.54, 1.807) is 24.1 Å². The van der Waals surface area contributed by atoms with Crippen molar-refractivity contribution in [1.29, 1.82) is 0 Å². The molecule has 1 aliphatic rings. The zero-order valence-corrected chi connectivity index (χ0v) is 18.0. The van der Waals surface area contributed by atoms with E-state index < -0.39 is 11.2 Å². The second-order valence-electron chi connectivity index (χ2n) is 8.25. The number of likely N-dealkylation sites (tertiary alicyclic amines) is 1. The summed E-state index contributed by atoms with van der Waals surface area (Å²) < 4.78 is 16.2. The van der Waals surface area contributed by atoms with Gasteiger partial charge in [-0.3, -0.25) is 0 Å². The average Bonchev–Trinajstić information content (AvgIpc) is 2.64. The molecule has 1 amide bonds. The number of methoxy groups -OCH3 is 1. The molecule has 1 saturated heterocycles. The molecule has 0 radical (unpaired) electrons. The zero-order chi connectivity index (χ0) is 20.8. The Labute approximate surface area is 172 Å². The Morgan fingerprint density at radius 1 is 1.32 bits per heavy atom. The molecule has 158 valence electrons. The minimum absolute atomic E-state index is 0.101. The molecular weight excluding hydrogens is 382 g/mol. The van der Waals surface area contributed by atoms with Crippen molar-refractivity contribution in [2.75, 3.05) is 40.0 Å². The van der Waals surface area contributed by atoms with Crippen LogP contribution >= 0.6 is 11.6 Å². The summed E-state index contributed by atoms with van der Waals surface area (Å²) in [5.74, 6) is -0.199. The Morgan fingerprint density at radius 3 is 2.71 bits per heavy atom. The summed E-state index contributed by atoms with van der Waals surface area (Å²) in [5.41, 5.74) is -1.14. The minimum Gasteiger partial charge on any atom is -0.444 e. The van der Waals surface area contributed by atoms with Crippen LogP contribution in [0, 0.1) is 5.92 Å². The van der Waals surface area contributed by atoms with Gasteiger partial charge in [-0.25, -0.2) is 4.79 Å². The van der Waals surface area contributed by atoms with Crippen LogP contribution in [0.25, 0.3) is 0 Å². The lowest BCUT2D eigenvalue weighted by molar-refractivity contribution is -0.111. The van der Waals surface area contributed by atoms with Crippen molar-refractivity contribution in [3.8, 4) is 0 Å². The molecular formula is C21H32ClNO5. The monoisotopic (exact) mass is 413 g/mol. The molecule has 2 unspecified atom stereocenters. The van der Waals surface area contributed by atoms with Gasteiger partial charge in [0.2, 0.25) is 0 Å². The number of hydrogen-bond acceptors (Lipinski definition) is 5. The third kappa shape index (κ3) is 6.34. The van der Waals surface area contributed by atoms with E-state index in [0.29, 0.717) is 36.9 Å². The molecule has 6 nitrogen and oxygen atoms in total. The lowest BCUT2D eigenvalue weighted by Crippen LogP contribution is -2.51. The number of benzene rings is 1. The summed E-state index contributed by atoms with van der Waals surface area (Å²) in [5, 5.41) is 12.2. The fourth-order valence-electron chi connectivity index (χ4n) is 3.42. The first kappa shape index (κ1) is 22.9. The normalized spacial score (nSPS) is 19.9. The Hall–Kier alpha value is -1.34. The Balaban J connectivity index is 2.20. The van der Waals surface area contributed by atoms with Crippen LogP contribution in [-0.2, 0) is 19.8 Å². The van der Waals surface area contributed by atoms with Gasteiger partial charge < -0.3 is 24.2 Å². The topological polar surface area (TPSA) is 68.2 Å². The summed E-state index contributed by atoms with van der Waals surface area (Å²) in [4.78, 5) is 14.2. The fraction of sp³-hybridized carbons (Fsp3) is 0.667. The molecule has 1 aromatic carbocycles. The molecule has 2 atom stereocenters. The highest BCUT2D eigenvalue weighted by atomic mass is 35.5. The summed E-state index contributed by atoms with van der Waals surface area (Å²) in [6.07, 6.45) is 1.20. The lowest BCUT2D eigenvalue weighted by atomic mass is 9.77. The number of piperidine rings is 1. The van der Waals surface area contributed by atoms with Crippen LogP contribution in [-0.4, -0.2) is 61.7 Å². The van der Waals surface area contributed by atoms with E-state index in [-0.39, 0.29) is 18.6 Å². The van der Waals surface area contributed by atoms with E-state index in [1.165, 1.54) is 0 Å². The number of amides is 1. The number of carbonyl (C=O) groups is 1. The number of ether oxygens (including phenoxy) is 3. The third-order valence-corrected chi connectivity index (χ3v) is 5.06. The molecule has 28 heavy (non-hydrogen) atoms. The second-order valence-corrected chi connectivity index (χ2v) is 8.68. The summed E-state index contributed by atoms with van der Waals surface area (Å²) in [6.45, 7) is 7.47. The third-order valence-electron chi connectivity index (χ3n) is 4.83. The Kier molecular flexibility index (Phi) is 8.13. The number of rotatable bonds is 7. The lowest BCUT2D eigenvalue weighted by Gasteiger charge is -2.42. The van der Waals surface area contributed by atoms with Crippen molar-refractivity contribution in [3.05, 3.63) is 34.9 Å². The van der Waals surface area contributed by atoms with Crippen molar-refractivity contribution >= 4 is 17.7 Å². The van der Waals surface area contributed by atoms with Crippen LogP contribution in [0.2, 0.25) is 5.02 Å². The molecule has 1 aromatic rings. The van der Waals surface area contributed by atoms with Gasteiger partial charge in [0.05, 0.1) is 19.8 Å². The highest BCUT2D eigenvalue weighted by molar-refractivity contribution is 6.30. The van der Waals surface area contributed by atoms with Gasteiger partial charge >= 0.3 is 6.09 Å². The molecule has 1 N–H and O–H groups in total. The van der Waals surface area contributed by atoms with Crippen molar-refractivity contribution in [2.24, 2.45) is 5.92 Å².